The number of anilines is 1. The Morgan fingerprint density at radius 1 is 1.14 bits per heavy atom. The van der Waals surface area contributed by atoms with E-state index >= 15 is 0 Å². The number of alkyl carbamates (subject to hydrolysis) is 1. The summed E-state index contributed by atoms with van der Waals surface area (Å²) in [6.45, 7) is 2.05. The summed E-state index contributed by atoms with van der Waals surface area (Å²) in [5.74, 6) is 0.966. The maximum atomic E-state index is 11.8. The van der Waals surface area contributed by atoms with E-state index in [2.05, 4.69) is 10.1 Å². The lowest BCUT2D eigenvalue weighted by atomic mass is 10.2. The predicted molar refractivity (Wildman–Crippen MR) is 78.0 cm³/mol. The van der Waals surface area contributed by atoms with Crippen molar-refractivity contribution in [3.8, 4) is 11.5 Å². The van der Waals surface area contributed by atoms with Gasteiger partial charge in [-0.25, -0.2) is 4.79 Å². The van der Waals surface area contributed by atoms with Crippen LogP contribution < -0.4 is 19.7 Å². The lowest BCUT2D eigenvalue weighted by molar-refractivity contribution is -0.116. The van der Waals surface area contributed by atoms with Crippen molar-refractivity contribution in [2.45, 2.75) is 6.92 Å². The predicted octanol–water partition coefficient (Wildman–Crippen LogP) is 1.41. The van der Waals surface area contributed by atoms with Crippen LogP contribution in [-0.2, 0) is 9.53 Å². The molecule has 116 valence electrons. The molecule has 1 aromatic rings. The summed E-state index contributed by atoms with van der Waals surface area (Å²) in [5.41, 5.74) is 0.659. The summed E-state index contributed by atoms with van der Waals surface area (Å²) in [6, 6.07) is 5.18. The molecule has 0 saturated heterocycles. The van der Waals surface area contributed by atoms with Gasteiger partial charge in [0.25, 0.3) is 0 Å². The average Bonchev–Trinajstić information content (AvgIpc) is 2.50. The first-order valence-electron chi connectivity index (χ1n) is 6.35. The smallest absolute Gasteiger partial charge is 0.406 e. The fraction of sp³-hybridized carbons (Fsp3) is 0.429. The van der Waals surface area contributed by atoms with Crippen LogP contribution in [0.25, 0.3) is 0 Å². The molecule has 0 radical (unpaired) electrons. The van der Waals surface area contributed by atoms with E-state index in [0.717, 1.165) is 0 Å². The number of methoxy groups -OCH3 is 3. The highest BCUT2D eigenvalue weighted by Crippen LogP contribution is 2.31. The fourth-order valence-corrected chi connectivity index (χ4v) is 1.80. The number of nitrogens with one attached hydrogen (secondary N) is 1. The van der Waals surface area contributed by atoms with Gasteiger partial charge in [-0.1, -0.05) is 0 Å². The molecule has 0 spiro atoms. The quantitative estimate of drug-likeness (QED) is 0.859. The average molecular weight is 296 g/mol. The number of hydrogen-bond donors (Lipinski definition) is 1. The molecule has 0 aliphatic carbocycles. The Labute approximate surface area is 123 Å². The molecule has 0 heterocycles. The Morgan fingerprint density at radius 3 is 2.33 bits per heavy atom. The molecule has 2 amide bonds. The third kappa shape index (κ3) is 4.55. The van der Waals surface area contributed by atoms with Gasteiger partial charge in [0.15, 0.2) is 11.5 Å². The summed E-state index contributed by atoms with van der Waals surface area (Å²) in [6.07, 6.45) is -0.536. The maximum Gasteiger partial charge on any atom is 0.406 e. The molecule has 0 aromatic heterocycles. The molecule has 7 heteroatoms. The molecular weight excluding hydrogens is 276 g/mol. The van der Waals surface area contributed by atoms with Crippen LogP contribution >= 0.6 is 0 Å². The van der Waals surface area contributed by atoms with E-state index in [0.29, 0.717) is 23.7 Å². The molecule has 0 aliphatic rings. The normalized spacial score (nSPS) is 9.71. The molecule has 1 aromatic carbocycles. The van der Waals surface area contributed by atoms with E-state index < -0.39 is 6.09 Å². The van der Waals surface area contributed by atoms with E-state index in [4.69, 9.17) is 9.47 Å². The molecule has 0 unspecified atom stereocenters. The third-order valence-corrected chi connectivity index (χ3v) is 2.85. The van der Waals surface area contributed by atoms with E-state index in [1.165, 1.54) is 26.0 Å². The molecule has 0 saturated carbocycles. The second kappa shape index (κ2) is 7.98. The van der Waals surface area contributed by atoms with E-state index in [9.17, 15) is 9.59 Å². The van der Waals surface area contributed by atoms with Crippen LogP contribution in [0.4, 0.5) is 10.5 Å². The van der Waals surface area contributed by atoms with Crippen molar-refractivity contribution in [2.24, 2.45) is 0 Å². The Bertz CT molecular complexity index is 504. The largest absolute Gasteiger partial charge is 0.493 e. The van der Waals surface area contributed by atoms with Gasteiger partial charge in [-0.05, 0) is 12.1 Å². The standard InChI is InChI=1S/C14H20N2O5/c1-10(17)16(8-7-15-14(18)21-4)11-5-6-12(19-2)13(9-11)20-3/h5-6,9H,7-8H2,1-4H3,(H,15,18). The summed E-state index contributed by atoms with van der Waals surface area (Å²) in [5, 5.41) is 2.53. The number of rotatable bonds is 6. The van der Waals surface area contributed by atoms with Gasteiger partial charge < -0.3 is 24.4 Å². The van der Waals surface area contributed by atoms with Crippen molar-refractivity contribution < 1.29 is 23.8 Å². The van der Waals surface area contributed by atoms with Crippen LogP contribution in [0, 0.1) is 0 Å². The zero-order valence-corrected chi connectivity index (χ0v) is 12.6. The van der Waals surface area contributed by atoms with Gasteiger partial charge in [-0.3, -0.25) is 4.79 Å². The number of hydrogen-bond acceptors (Lipinski definition) is 5. The summed E-state index contributed by atoms with van der Waals surface area (Å²) < 4.78 is 14.8. The number of ether oxygens (including phenoxy) is 3. The van der Waals surface area contributed by atoms with Crippen molar-refractivity contribution in [3.63, 3.8) is 0 Å². The van der Waals surface area contributed by atoms with Crippen molar-refractivity contribution >= 4 is 17.7 Å². The van der Waals surface area contributed by atoms with Crippen molar-refractivity contribution in [1.82, 2.24) is 5.32 Å². The second-order valence-electron chi connectivity index (χ2n) is 4.13. The zero-order chi connectivity index (χ0) is 15.8. The summed E-state index contributed by atoms with van der Waals surface area (Å²) in [7, 11) is 4.35. The first kappa shape index (κ1) is 16.6. The zero-order valence-electron chi connectivity index (χ0n) is 12.6. The van der Waals surface area contributed by atoms with Gasteiger partial charge >= 0.3 is 6.09 Å². The van der Waals surface area contributed by atoms with Gasteiger partial charge in [0.1, 0.15) is 0 Å². The van der Waals surface area contributed by atoms with Gasteiger partial charge in [0.05, 0.1) is 21.3 Å². The van der Waals surface area contributed by atoms with E-state index in [-0.39, 0.29) is 12.5 Å². The minimum absolute atomic E-state index is 0.145. The fourth-order valence-electron chi connectivity index (χ4n) is 1.80. The highest BCUT2D eigenvalue weighted by molar-refractivity contribution is 5.92. The summed E-state index contributed by atoms with van der Waals surface area (Å²) >= 11 is 0. The maximum absolute atomic E-state index is 11.8. The molecule has 1 N–H and O–H groups in total. The van der Waals surface area contributed by atoms with Gasteiger partial charge in [-0.2, -0.15) is 0 Å². The first-order chi connectivity index (χ1) is 10.0. The first-order valence-corrected chi connectivity index (χ1v) is 6.35. The molecule has 0 atom stereocenters. The highest BCUT2D eigenvalue weighted by atomic mass is 16.5. The number of carbonyl (C=O) groups is 2. The van der Waals surface area contributed by atoms with Crippen LogP contribution in [-0.4, -0.2) is 46.4 Å². The lowest BCUT2D eigenvalue weighted by Crippen LogP contribution is -2.37. The van der Waals surface area contributed by atoms with Gasteiger partial charge in [0.2, 0.25) is 5.91 Å². The lowest BCUT2D eigenvalue weighted by Gasteiger charge is -2.22. The Balaban J connectivity index is 2.85. The topological polar surface area (TPSA) is 77.1 Å². The third-order valence-electron chi connectivity index (χ3n) is 2.85. The molecular formula is C14H20N2O5. The minimum atomic E-state index is -0.536. The molecule has 0 aliphatic heterocycles. The summed E-state index contributed by atoms with van der Waals surface area (Å²) in [4.78, 5) is 24.3. The van der Waals surface area contributed by atoms with Crippen LogP contribution in [0.3, 0.4) is 0 Å². The van der Waals surface area contributed by atoms with Crippen LogP contribution in [0.2, 0.25) is 0 Å². The van der Waals surface area contributed by atoms with Crippen LogP contribution in [0.15, 0.2) is 18.2 Å². The van der Waals surface area contributed by atoms with Crippen molar-refractivity contribution in [3.05, 3.63) is 18.2 Å². The minimum Gasteiger partial charge on any atom is -0.493 e. The molecule has 0 fully saturated rings. The Morgan fingerprint density at radius 2 is 1.81 bits per heavy atom. The number of amides is 2. The van der Waals surface area contributed by atoms with E-state index in [1.807, 2.05) is 0 Å². The Kier molecular flexibility index (Phi) is 6.32. The number of carbonyl (C=O) groups excluding carboxylic acids is 2. The van der Waals surface area contributed by atoms with Crippen LogP contribution in [0.1, 0.15) is 6.92 Å². The second-order valence-corrected chi connectivity index (χ2v) is 4.13. The van der Waals surface area contributed by atoms with Crippen molar-refractivity contribution in [1.29, 1.82) is 0 Å². The molecule has 0 bridgehead atoms. The Hall–Kier alpha value is -2.44. The SMILES string of the molecule is COC(=O)NCCN(C(C)=O)c1ccc(OC)c(OC)c1. The molecule has 1 rings (SSSR count). The molecule has 21 heavy (non-hydrogen) atoms. The molecule has 7 nitrogen and oxygen atoms in total. The number of benzene rings is 1. The number of nitrogens with zero attached hydrogens (tertiary/aromatic N) is 1. The van der Waals surface area contributed by atoms with Crippen LogP contribution in [0.5, 0.6) is 11.5 Å². The monoisotopic (exact) mass is 296 g/mol. The van der Waals surface area contributed by atoms with E-state index in [1.54, 1.807) is 25.3 Å². The highest BCUT2D eigenvalue weighted by Gasteiger charge is 2.14. The van der Waals surface area contributed by atoms with Gasteiger partial charge in [0, 0.05) is 31.8 Å². The van der Waals surface area contributed by atoms with Crippen molar-refractivity contribution in [2.75, 3.05) is 39.3 Å². The van der Waals surface area contributed by atoms with Gasteiger partial charge in [-0.15, -0.1) is 0 Å².